The molecule has 6 unspecified atom stereocenters. The number of ether oxygens (including phenoxy) is 7. The summed E-state index contributed by atoms with van der Waals surface area (Å²) < 4.78 is 43.5. The van der Waals surface area contributed by atoms with Gasteiger partial charge in [-0.25, -0.2) is 0 Å². The Morgan fingerprint density at radius 3 is 2.00 bits per heavy atom. The lowest BCUT2D eigenvalue weighted by Gasteiger charge is -2.64. The number of carbonyl (C=O) groups is 2. The third kappa shape index (κ3) is 11.2. The highest BCUT2D eigenvalue weighted by Crippen LogP contribution is 2.72. The van der Waals surface area contributed by atoms with E-state index in [0.717, 1.165) is 5.57 Å². The van der Waals surface area contributed by atoms with Crippen LogP contribution in [0.1, 0.15) is 77.2 Å². The van der Waals surface area contributed by atoms with E-state index >= 15 is 0 Å². The van der Waals surface area contributed by atoms with Crippen LogP contribution >= 0.6 is 0 Å². The van der Waals surface area contributed by atoms with Crippen LogP contribution in [0.2, 0.25) is 0 Å². The van der Waals surface area contributed by atoms with Gasteiger partial charge in [0, 0.05) is 18.4 Å². The zero-order valence-corrected chi connectivity index (χ0v) is 44.2. The molecule has 2 bridgehead atoms. The fourth-order valence-corrected chi connectivity index (χ4v) is 15.3. The first kappa shape index (κ1) is 60.6. The van der Waals surface area contributed by atoms with E-state index in [-0.39, 0.29) is 36.0 Å². The quantitative estimate of drug-likeness (QED) is 0.0306. The summed E-state index contributed by atoms with van der Waals surface area (Å²) in [7, 11) is 0. The van der Waals surface area contributed by atoms with Crippen molar-refractivity contribution in [2.24, 2.45) is 39.9 Å². The van der Waals surface area contributed by atoms with Gasteiger partial charge in [0.1, 0.15) is 97.7 Å². The molecule has 5 aliphatic carbocycles. The van der Waals surface area contributed by atoms with Crippen molar-refractivity contribution in [2.45, 2.75) is 213 Å². The molecule has 3 heterocycles. The Hall–Kier alpha value is -2.94. The van der Waals surface area contributed by atoms with Gasteiger partial charge in [-0.15, -0.1) is 0 Å². The molecule has 9 rings (SSSR count). The second-order valence-electron chi connectivity index (χ2n) is 24.2. The van der Waals surface area contributed by atoms with Gasteiger partial charge in [0.2, 0.25) is 6.29 Å². The van der Waals surface area contributed by atoms with Crippen LogP contribution in [0.4, 0.5) is 0 Å². The van der Waals surface area contributed by atoms with E-state index < -0.39 is 183 Å². The van der Waals surface area contributed by atoms with E-state index in [1.807, 2.05) is 0 Å². The summed E-state index contributed by atoms with van der Waals surface area (Å²) in [6.45, 7) is 6.17. The number of carboxylic acid groups (broad SMARTS) is 1. The van der Waals surface area contributed by atoms with Crippen molar-refractivity contribution in [3.8, 4) is 0 Å². The van der Waals surface area contributed by atoms with Crippen LogP contribution in [0.5, 0.6) is 0 Å². The lowest BCUT2D eigenvalue weighted by atomic mass is 9.41. The number of hydrogen-bond donors (Lipinski definition) is 16. The second-order valence-corrected chi connectivity index (χ2v) is 24.2. The van der Waals surface area contributed by atoms with E-state index in [0.29, 0.717) is 56.9 Å². The molecule has 3 saturated heterocycles. The van der Waals surface area contributed by atoms with E-state index in [2.05, 4.69) is 18.8 Å². The molecule has 3 aliphatic heterocycles. The van der Waals surface area contributed by atoms with Gasteiger partial charge in [-0.05, 0) is 92.9 Å². The van der Waals surface area contributed by atoms with Crippen LogP contribution in [-0.4, -0.2) is 243 Å². The molecule has 5 saturated carbocycles. The minimum Gasteiger partial charge on any atom is -0.480 e. The van der Waals surface area contributed by atoms with Crippen LogP contribution in [0.25, 0.3) is 0 Å². The number of aliphatic hydroxyl groups is 14. The van der Waals surface area contributed by atoms with Crippen LogP contribution in [0, 0.1) is 39.9 Å². The SMILES string of the molecule is C=C1CC23CC[C@H]4[C@@](C)(CCC[C@@]4(C)C(=O)OC4O[C@H](C(O)N[C@H](Cc5ccccc5)C(=O)O)[C@@H](O)[C@H](O)[C@H]4O)[C@@H]2CC(O[C@@H]2O[C@H](CO)[C@@H](O)C(O[C@@H]4O[C@H](CO)[C@@H](O)[C@H](O)[C@H]4O)[C@H]2O[C@@H]2C[C@H](CO)[C@@H](O)[C@H](O)[C@H]2O)C1C3. The van der Waals surface area contributed by atoms with Crippen molar-refractivity contribution >= 4 is 11.9 Å². The van der Waals surface area contributed by atoms with E-state index in [4.69, 9.17) is 33.2 Å². The highest BCUT2D eigenvalue weighted by Gasteiger charge is 2.68. The molecule has 16 N–H and O–H groups in total. The number of fused-ring (bicyclic) bond motifs is 3. The fraction of sp³-hybridized carbons (Fsp3) is 0.815. The average Bonchev–Trinajstić information content (AvgIpc) is 3.91. The molecule has 0 radical (unpaired) electrons. The van der Waals surface area contributed by atoms with Crippen molar-refractivity contribution in [3.63, 3.8) is 0 Å². The topological polar surface area (TPSA) is 414 Å². The van der Waals surface area contributed by atoms with E-state index in [9.17, 15) is 86.2 Å². The normalized spacial score (nSPS) is 48.8. The number of carboxylic acids is 1. The molecule has 0 aromatic heterocycles. The third-order valence-corrected chi connectivity index (χ3v) is 19.6. The van der Waals surface area contributed by atoms with Crippen molar-refractivity contribution in [2.75, 3.05) is 19.8 Å². The first-order valence-electron chi connectivity index (χ1n) is 27.6. The van der Waals surface area contributed by atoms with Gasteiger partial charge in [0.15, 0.2) is 12.6 Å². The van der Waals surface area contributed by atoms with Gasteiger partial charge in [-0.3, -0.25) is 14.9 Å². The summed E-state index contributed by atoms with van der Waals surface area (Å²) >= 11 is 0. The molecule has 446 valence electrons. The van der Waals surface area contributed by atoms with Gasteiger partial charge in [-0.1, -0.05) is 55.8 Å². The van der Waals surface area contributed by atoms with Crippen molar-refractivity contribution in [1.82, 2.24) is 5.32 Å². The summed E-state index contributed by atoms with van der Waals surface area (Å²) in [5.41, 5.74) is -0.631. The molecule has 1 aromatic rings. The van der Waals surface area contributed by atoms with Crippen molar-refractivity contribution in [3.05, 3.63) is 48.0 Å². The molecular weight excluding hydrogens is 1050 g/mol. The summed E-state index contributed by atoms with van der Waals surface area (Å²) in [6, 6.07) is 7.20. The van der Waals surface area contributed by atoms with Crippen LogP contribution in [-0.2, 0) is 49.2 Å². The van der Waals surface area contributed by atoms with Crippen molar-refractivity contribution in [1.29, 1.82) is 0 Å². The van der Waals surface area contributed by atoms with Gasteiger partial charge in [0.05, 0.1) is 36.9 Å². The van der Waals surface area contributed by atoms with E-state index in [1.54, 1.807) is 37.3 Å². The number of nitrogens with one attached hydrogen (secondary N) is 1. The molecule has 1 aromatic carbocycles. The highest BCUT2D eigenvalue weighted by atomic mass is 16.8. The predicted molar refractivity (Wildman–Crippen MR) is 266 cm³/mol. The number of aliphatic carboxylic acids is 1. The third-order valence-electron chi connectivity index (χ3n) is 19.6. The minimum atomic E-state index is -1.99. The summed E-state index contributed by atoms with van der Waals surface area (Å²) in [6.07, 6.45) is -31.7. The van der Waals surface area contributed by atoms with E-state index in [1.165, 1.54) is 0 Å². The molecule has 8 fully saturated rings. The summed E-state index contributed by atoms with van der Waals surface area (Å²) in [5.74, 6) is -3.90. The molecule has 25 heteroatoms. The maximum atomic E-state index is 14.9. The maximum Gasteiger partial charge on any atom is 0.321 e. The summed E-state index contributed by atoms with van der Waals surface area (Å²) in [4.78, 5) is 27.1. The predicted octanol–water partition coefficient (Wildman–Crippen LogP) is -3.98. The first-order chi connectivity index (χ1) is 37.4. The molecule has 79 heavy (non-hydrogen) atoms. The number of rotatable bonds is 17. The lowest BCUT2D eigenvalue weighted by molar-refractivity contribution is -0.378. The molecule has 29 atom stereocenters. The number of esters is 1. The number of aliphatic hydroxyl groups excluding tert-OH is 14. The smallest absolute Gasteiger partial charge is 0.321 e. The molecule has 25 nitrogen and oxygen atoms in total. The largest absolute Gasteiger partial charge is 0.480 e. The minimum absolute atomic E-state index is 0.0697. The molecule has 0 amide bonds. The van der Waals surface area contributed by atoms with Gasteiger partial charge >= 0.3 is 11.9 Å². The second kappa shape index (κ2) is 24.0. The van der Waals surface area contributed by atoms with Crippen LogP contribution in [0.15, 0.2) is 42.5 Å². The monoisotopic (exact) mass is 1130 g/mol. The van der Waals surface area contributed by atoms with Gasteiger partial charge in [-0.2, -0.15) is 0 Å². The number of carbonyl (C=O) groups excluding carboxylic acids is 1. The zero-order chi connectivity index (χ0) is 57.2. The Morgan fingerprint density at radius 2 is 1.33 bits per heavy atom. The maximum absolute atomic E-state index is 14.9. The fourth-order valence-electron chi connectivity index (χ4n) is 15.3. The van der Waals surface area contributed by atoms with Gasteiger partial charge < -0.3 is 110 Å². The Kier molecular flexibility index (Phi) is 18.4. The zero-order valence-electron chi connectivity index (χ0n) is 44.2. The summed E-state index contributed by atoms with van der Waals surface area (Å²) in [5, 5.41) is 165. The standard InChI is InChI=1S/C54H81NO24/c1-22-17-54-13-10-31-52(2,11-7-12-53(31,3)51(72)79-49-42(68)39(65)40(66)44(78-49)46(69)55-26(47(70)71)14-23-8-5-4-6-9-23)32(54)16-27(25(22)18-54)74-50-45(73-28-15-24(19-56)33(59)37(63)34(28)60)43(36(62)30(21-58)76-50)77-48-41(67)38(64)35(61)29(20-57)75-48/h4-6,8-9,24-46,48-50,55-69H,1,7,10-21H2,2-3H3,(H,70,71)/t24-,25?,26-,27?,28-,29-,30-,31+,32+,33-,34+,35-,36-,37+,38+,39+,40+,41-,42-,43?,44+,45-,46?,48+,49?,50-,52-,53-,54?/m1/s1. The van der Waals surface area contributed by atoms with Crippen molar-refractivity contribution < 1.29 is 119 Å². The highest BCUT2D eigenvalue weighted by molar-refractivity contribution is 5.77. The number of hydrogen-bond acceptors (Lipinski definition) is 24. The number of benzene rings is 1. The van der Waals surface area contributed by atoms with Crippen LogP contribution in [0.3, 0.4) is 0 Å². The molecule has 8 aliphatic rings. The Bertz CT molecular complexity index is 2270. The average molecular weight is 1130 g/mol. The Balaban J connectivity index is 0.967. The molecular formula is C54H81NO24. The lowest BCUT2D eigenvalue weighted by Crippen LogP contribution is -2.67. The Labute approximate surface area is 456 Å². The van der Waals surface area contributed by atoms with Crippen LogP contribution < -0.4 is 5.32 Å². The van der Waals surface area contributed by atoms with Gasteiger partial charge in [0.25, 0.3) is 0 Å². The Morgan fingerprint density at radius 1 is 0.684 bits per heavy atom. The first-order valence-corrected chi connectivity index (χ1v) is 27.6. The molecule has 1 spiro atoms.